The Hall–Kier alpha value is -3.28. The fraction of sp³-hybridized carbons (Fsp3) is 0.407. The maximum atomic E-state index is 12.4. The van der Waals surface area contributed by atoms with Crippen LogP contribution in [0.5, 0.6) is 11.5 Å². The number of carbonyl (C=O) groups is 2. The number of aryl methyl sites for hydroxylation is 1. The zero-order valence-corrected chi connectivity index (χ0v) is 19.6. The molecule has 0 radical (unpaired) electrons. The zero-order valence-electron chi connectivity index (χ0n) is 19.6. The standard InChI is InChI=1S/C27H32O6/c1-4-7-8-11-19-14-15-22-23(18-19)25(33-27(29)31-17-6-3)21-13-10-9-12-20(21)24(22)32-26(28)30-16-5-2/h9-10,12-15,18H,4-8,11,16-17H2,1-3H3. The summed E-state index contributed by atoms with van der Waals surface area (Å²) in [5.41, 5.74) is 1.12. The molecular weight excluding hydrogens is 420 g/mol. The monoisotopic (exact) mass is 452 g/mol. The van der Waals surface area contributed by atoms with Crippen molar-refractivity contribution in [3.05, 3.63) is 48.0 Å². The first kappa shape index (κ1) is 24.4. The third-order valence-electron chi connectivity index (χ3n) is 5.28. The number of rotatable bonds is 10. The average molecular weight is 453 g/mol. The summed E-state index contributed by atoms with van der Waals surface area (Å²) < 4.78 is 21.7. The van der Waals surface area contributed by atoms with Gasteiger partial charge in [0.05, 0.1) is 13.2 Å². The summed E-state index contributed by atoms with van der Waals surface area (Å²) >= 11 is 0. The third-order valence-corrected chi connectivity index (χ3v) is 5.28. The van der Waals surface area contributed by atoms with E-state index in [2.05, 4.69) is 6.92 Å². The topological polar surface area (TPSA) is 71.1 Å². The number of benzene rings is 3. The molecule has 0 bridgehead atoms. The van der Waals surface area contributed by atoms with E-state index in [1.165, 1.54) is 0 Å². The predicted octanol–water partition coefficient (Wildman–Crippen LogP) is 7.58. The Balaban J connectivity index is 2.15. The average Bonchev–Trinajstić information content (AvgIpc) is 2.83. The second-order valence-corrected chi connectivity index (χ2v) is 7.94. The number of unbranched alkanes of at least 4 members (excludes halogenated alkanes) is 2. The lowest BCUT2D eigenvalue weighted by molar-refractivity contribution is 0.0984. The number of carbonyl (C=O) groups excluding carboxylic acids is 2. The fourth-order valence-corrected chi connectivity index (χ4v) is 3.70. The predicted molar refractivity (Wildman–Crippen MR) is 129 cm³/mol. The fourth-order valence-electron chi connectivity index (χ4n) is 3.70. The minimum atomic E-state index is -0.758. The Morgan fingerprint density at radius 3 is 1.76 bits per heavy atom. The molecule has 0 N–H and O–H groups in total. The van der Waals surface area contributed by atoms with Gasteiger partial charge in [-0.05, 0) is 37.3 Å². The summed E-state index contributed by atoms with van der Waals surface area (Å²) in [6, 6.07) is 13.3. The minimum absolute atomic E-state index is 0.279. The van der Waals surface area contributed by atoms with E-state index in [1.807, 2.05) is 56.3 Å². The lowest BCUT2D eigenvalue weighted by Crippen LogP contribution is -2.13. The van der Waals surface area contributed by atoms with Gasteiger partial charge in [0.1, 0.15) is 11.5 Å². The highest BCUT2D eigenvalue weighted by Gasteiger charge is 2.21. The number of fused-ring (bicyclic) bond motifs is 2. The van der Waals surface area contributed by atoms with Gasteiger partial charge in [0.25, 0.3) is 0 Å². The van der Waals surface area contributed by atoms with Crippen LogP contribution < -0.4 is 9.47 Å². The van der Waals surface area contributed by atoms with Gasteiger partial charge in [0.2, 0.25) is 0 Å². The van der Waals surface area contributed by atoms with Crippen molar-refractivity contribution < 1.29 is 28.5 Å². The van der Waals surface area contributed by atoms with Crippen LogP contribution in [0.4, 0.5) is 9.59 Å². The molecule has 0 fully saturated rings. The molecule has 0 aliphatic carbocycles. The highest BCUT2D eigenvalue weighted by molar-refractivity contribution is 6.12. The van der Waals surface area contributed by atoms with Crippen LogP contribution in [-0.4, -0.2) is 25.5 Å². The Bertz CT molecular complexity index is 1100. The van der Waals surface area contributed by atoms with Gasteiger partial charge in [-0.15, -0.1) is 0 Å². The molecule has 0 saturated heterocycles. The summed E-state index contributed by atoms with van der Waals surface area (Å²) in [6.45, 7) is 6.57. The van der Waals surface area contributed by atoms with E-state index in [-0.39, 0.29) is 13.2 Å². The van der Waals surface area contributed by atoms with Crippen LogP contribution in [-0.2, 0) is 15.9 Å². The van der Waals surface area contributed by atoms with Crippen LogP contribution in [0, 0.1) is 0 Å². The van der Waals surface area contributed by atoms with E-state index in [0.717, 1.165) is 31.2 Å². The van der Waals surface area contributed by atoms with E-state index >= 15 is 0 Å². The zero-order chi connectivity index (χ0) is 23.6. The molecule has 0 aliphatic rings. The molecule has 3 aromatic rings. The first-order valence-corrected chi connectivity index (χ1v) is 11.8. The summed E-state index contributed by atoms with van der Waals surface area (Å²) in [6.07, 6.45) is 4.13. The van der Waals surface area contributed by atoms with Gasteiger partial charge in [-0.1, -0.05) is 70.0 Å². The van der Waals surface area contributed by atoms with Crippen LogP contribution in [0.2, 0.25) is 0 Å². The summed E-state index contributed by atoms with van der Waals surface area (Å²) in [5, 5.41) is 2.66. The van der Waals surface area contributed by atoms with Crippen LogP contribution in [0.25, 0.3) is 21.5 Å². The number of hydrogen-bond donors (Lipinski definition) is 0. The van der Waals surface area contributed by atoms with Crippen LogP contribution >= 0.6 is 0 Å². The maximum absolute atomic E-state index is 12.4. The van der Waals surface area contributed by atoms with Gasteiger partial charge >= 0.3 is 12.3 Å². The van der Waals surface area contributed by atoms with E-state index in [1.54, 1.807) is 0 Å². The summed E-state index contributed by atoms with van der Waals surface area (Å²) in [7, 11) is 0. The summed E-state index contributed by atoms with van der Waals surface area (Å²) in [4.78, 5) is 24.7. The van der Waals surface area contributed by atoms with E-state index in [9.17, 15) is 9.59 Å². The molecule has 0 aliphatic heterocycles. The molecule has 0 aromatic heterocycles. The molecule has 3 rings (SSSR count). The van der Waals surface area contributed by atoms with E-state index in [4.69, 9.17) is 18.9 Å². The van der Waals surface area contributed by atoms with Crippen molar-refractivity contribution in [3.63, 3.8) is 0 Å². The van der Waals surface area contributed by atoms with Crippen molar-refractivity contribution >= 4 is 33.9 Å². The molecule has 0 heterocycles. The van der Waals surface area contributed by atoms with Gasteiger partial charge in [-0.2, -0.15) is 0 Å². The Morgan fingerprint density at radius 1 is 0.667 bits per heavy atom. The number of hydrogen-bond acceptors (Lipinski definition) is 6. The lowest BCUT2D eigenvalue weighted by atomic mass is 9.97. The van der Waals surface area contributed by atoms with Crippen molar-refractivity contribution in [2.45, 2.75) is 59.3 Å². The molecule has 3 aromatic carbocycles. The van der Waals surface area contributed by atoms with Gasteiger partial charge in [-0.3, -0.25) is 0 Å². The van der Waals surface area contributed by atoms with Crippen molar-refractivity contribution in [3.8, 4) is 11.5 Å². The molecule has 0 unspecified atom stereocenters. The second-order valence-electron chi connectivity index (χ2n) is 7.94. The Kier molecular flexibility index (Phi) is 8.93. The SMILES string of the molecule is CCCCCc1ccc2c(OC(=O)OCCC)c3ccccc3c(OC(=O)OCCC)c2c1. The minimum Gasteiger partial charge on any atom is -0.434 e. The number of ether oxygens (including phenoxy) is 4. The van der Waals surface area contributed by atoms with Gasteiger partial charge in [0.15, 0.2) is 0 Å². The molecule has 33 heavy (non-hydrogen) atoms. The third kappa shape index (κ3) is 6.15. The first-order valence-electron chi connectivity index (χ1n) is 11.8. The molecule has 0 spiro atoms. The van der Waals surface area contributed by atoms with Crippen molar-refractivity contribution in [1.82, 2.24) is 0 Å². The van der Waals surface area contributed by atoms with E-state index < -0.39 is 12.3 Å². The maximum Gasteiger partial charge on any atom is 0.513 e. The van der Waals surface area contributed by atoms with Gasteiger partial charge in [-0.25, -0.2) is 9.59 Å². The quantitative estimate of drug-likeness (QED) is 0.137. The molecule has 0 amide bonds. The second kappa shape index (κ2) is 12.1. The molecule has 0 saturated carbocycles. The van der Waals surface area contributed by atoms with Gasteiger partial charge < -0.3 is 18.9 Å². The van der Waals surface area contributed by atoms with Crippen LogP contribution in [0.15, 0.2) is 42.5 Å². The highest BCUT2D eigenvalue weighted by atomic mass is 16.7. The normalized spacial score (nSPS) is 10.9. The van der Waals surface area contributed by atoms with E-state index in [0.29, 0.717) is 45.9 Å². The largest absolute Gasteiger partial charge is 0.513 e. The van der Waals surface area contributed by atoms with Crippen molar-refractivity contribution in [2.75, 3.05) is 13.2 Å². The summed E-state index contributed by atoms with van der Waals surface area (Å²) in [5.74, 6) is 0.782. The Labute approximate surface area is 194 Å². The molecular formula is C27H32O6. The molecule has 0 atom stereocenters. The highest BCUT2D eigenvalue weighted by Crippen LogP contribution is 2.43. The van der Waals surface area contributed by atoms with Crippen LogP contribution in [0.1, 0.15) is 58.4 Å². The molecule has 6 nitrogen and oxygen atoms in total. The molecule has 6 heteroatoms. The lowest BCUT2D eigenvalue weighted by Gasteiger charge is -2.17. The smallest absolute Gasteiger partial charge is 0.434 e. The first-order chi connectivity index (χ1) is 16.1. The van der Waals surface area contributed by atoms with Crippen molar-refractivity contribution in [1.29, 1.82) is 0 Å². The van der Waals surface area contributed by atoms with Crippen LogP contribution in [0.3, 0.4) is 0 Å². The Morgan fingerprint density at radius 2 is 1.21 bits per heavy atom. The molecule has 176 valence electrons. The van der Waals surface area contributed by atoms with Gasteiger partial charge in [0, 0.05) is 21.5 Å². The van der Waals surface area contributed by atoms with Crippen molar-refractivity contribution in [2.24, 2.45) is 0 Å².